The highest BCUT2D eigenvalue weighted by molar-refractivity contribution is 5.98. The van der Waals surface area contributed by atoms with Gasteiger partial charge in [-0.25, -0.2) is 9.97 Å². The predicted octanol–water partition coefficient (Wildman–Crippen LogP) is 2.66. The van der Waals surface area contributed by atoms with E-state index in [9.17, 15) is 4.79 Å². The average molecular weight is 349 g/mol. The molecular weight excluding hydrogens is 326 g/mol. The number of amides is 1. The summed E-state index contributed by atoms with van der Waals surface area (Å²) in [6.07, 6.45) is 5.08. The van der Waals surface area contributed by atoms with Gasteiger partial charge in [0.2, 0.25) is 0 Å². The number of hydrogen-bond acceptors (Lipinski definition) is 4. The Kier molecular flexibility index (Phi) is 4.32. The van der Waals surface area contributed by atoms with Crippen molar-refractivity contribution in [3.05, 3.63) is 53.6 Å². The van der Waals surface area contributed by atoms with Crippen LogP contribution in [0.5, 0.6) is 0 Å². The second-order valence-electron chi connectivity index (χ2n) is 6.71. The van der Waals surface area contributed by atoms with Crippen molar-refractivity contribution in [2.24, 2.45) is 0 Å². The number of carbonyl (C=O) groups excluding carboxylic acids is 1. The van der Waals surface area contributed by atoms with Crippen LogP contribution in [0.25, 0.3) is 10.9 Å². The lowest BCUT2D eigenvalue weighted by atomic mass is 10.1. The maximum absolute atomic E-state index is 13.0. The lowest BCUT2D eigenvalue weighted by molar-refractivity contribution is 0.0763. The van der Waals surface area contributed by atoms with Crippen LogP contribution in [0.4, 0.5) is 5.82 Å². The Labute approximate surface area is 152 Å². The van der Waals surface area contributed by atoms with Crippen molar-refractivity contribution >= 4 is 22.6 Å². The van der Waals surface area contributed by atoms with Gasteiger partial charge in [0.1, 0.15) is 12.1 Å². The van der Waals surface area contributed by atoms with E-state index in [1.54, 1.807) is 6.33 Å². The van der Waals surface area contributed by atoms with Crippen LogP contribution < -0.4 is 4.90 Å². The van der Waals surface area contributed by atoms with E-state index in [1.165, 1.54) is 5.56 Å². The van der Waals surface area contributed by atoms with Gasteiger partial charge < -0.3 is 14.8 Å². The van der Waals surface area contributed by atoms with E-state index in [2.05, 4.69) is 26.8 Å². The zero-order chi connectivity index (χ0) is 18.1. The van der Waals surface area contributed by atoms with Gasteiger partial charge in [-0.05, 0) is 37.6 Å². The number of H-pyrrole nitrogens is 1. The molecule has 0 spiro atoms. The molecule has 1 amide bonds. The summed E-state index contributed by atoms with van der Waals surface area (Å²) in [4.78, 5) is 29.2. The highest BCUT2D eigenvalue weighted by atomic mass is 16.2. The van der Waals surface area contributed by atoms with Gasteiger partial charge in [0, 0.05) is 61.3 Å². The van der Waals surface area contributed by atoms with Gasteiger partial charge in [-0.3, -0.25) is 4.79 Å². The number of nitrogens with one attached hydrogen (secondary N) is 1. The monoisotopic (exact) mass is 349 g/mol. The minimum absolute atomic E-state index is 0.0826. The second kappa shape index (κ2) is 6.78. The number of fused-ring (bicyclic) bond motifs is 2. The fraction of sp³-hybridized carbons (Fsp3) is 0.350. The number of aromatic nitrogens is 3. The van der Waals surface area contributed by atoms with E-state index in [0.717, 1.165) is 47.4 Å². The average Bonchev–Trinajstić information content (AvgIpc) is 3.04. The Balaban J connectivity index is 1.57. The summed E-state index contributed by atoms with van der Waals surface area (Å²) >= 11 is 0. The van der Waals surface area contributed by atoms with Crippen molar-refractivity contribution in [3.8, 4) is 0 Å². The van der Waals surface area contributed by atoms with Crippen molar-refractivity contribution in [1.29, 1.82) is 0 Å². The molecule has 3 aromatic rings. The van der Waals surface area contributed by atoms with E-state index in [0.29, 0.717) is 13.1 Å². The number of carbonyl (C=O) groups is 1. The molecule has 1 aromatic carbocycles. The van der Waals surface area contributed by atoms with Gasteiger partial charge in [-0.15, -0.1) is 0 Å². The van der Waals surface area contributed by atoms with Crippen LogP contribution in [0.3, 0.4) is 0 Å². The Morgan fingerprint density at radius 3 is 2.92 bits per heavy atom. The molecular formula is C20H23N5O. The molecule has 6 nitrogen and oxygen atoms in total. The topological polar surface area (TPSA) is 65.1 Å². The first-order valence-corrected chi connectivity index (χ1v) is 9.07. The van der Waals surface area contributed by atoms with Gasteiger partial charge in [0.15, 0.2) is 0 Å². The van der Waals surface area contributed by atoms with Gasteiger partial charge in [0.25, 0.3) is 5.91 Å². The fourth-order valence-corrected chi connectivity index (χ4v) is 3.56. The summed E-state index contributed by atoms with van der Waals surface area (Å²) in [5.74, 6) is 1.07. The van der Waals surface area contributed by atoms with Crippen LogP contribution in [0, 0.1) is 0 Å². The first kappa shape index (κ1) is 16.6. The zero-order valence-corrected chi connectivity index (χ0v) is 15.2. The third-order valence-electron chi connectivity index (χ3n) is 5.19. The molecule has 0 aliphatic carbocycles. The molecule has 3 heterocycles. The van der Waals surface area contributed by atoms with E-state index >= 15 is 0 Å². The van der Waals surface area contributed by atoms with Crippen LogP contribution in [-0.4, -0.2) is 52.4 Å². The van der Waals surface area contributed by atoms with Crippen LogP contribution >= 0.6 is 0 Å². The zero-order valence-electron chi connectivity index (χ0n) is 15.2. The summed E-state index contributed by atoms with van der Waals surface area (Å²) in [6, 6.07) is 7.82. The summed E-state index contributed by atoms with van der Waals surface area (Å²) < 4.78 is 0. The number of rotatable bonds is 3. The molecule has 0 radical (unpaired) electrons. The van der Waals surface area contributed by atoms with E-state index in [1.807, 2.05) is 42.4 Å². The SMILES string of the molecule is CCN(C)c1ncnc2c1CCN(C(=O)c1ccc3[nH]ccc3c1)CC2. The fourth-order valence-electron chi connectivity index (χ4n) is 3.56. The van der Waals surface area contributed by atoms with E-state index in [4.69, 9.17) is 0 Å². The summed E-state index contributed by atoms with van der Waals surface area (Å²) in [5.41, 5.74) is 4.02. The maximum Gasteiger partial charge on any atom is 0.253 e. The standard InChI is InChI=1S/C20H23N5O/c1-3-24(2)19-16-7-10-25(11-8-18(16)22-13-23-19)20(26)15-4-5-17-14(12-15)6-9-21-17/h4-6,9,12-13,21H,3,7-8,10-11H2,1-2H3. The van der Waals surface area contributed by atoms with Crippen molar-refractivity contribution in [2.75, 3.05) is 31.6 Å². The predicted molar refractivity (Wildman–Crippen MR) is 103 cm³/mol. The van der Waals surface area contributed by atoms with Gasteiger partial charge in [-0.1, -0.05) is 0 Å². The molecule has 0 unspecified atom stereocenters. The molecule has 0 saturated carbocycles. The van der Waals surface area contributed by atoms with Crippen LogP contribution in [0.1, 0.15) is 28.5 Å². The third kappa shape index (κ3) is 2.92. The molecule has 1 aliphatic rings. The number of aromatic amines is 1. The maximum atomic E-state index is 13.0. The van der Waals surface area contributed by atoms with Gasteiger partial charge >= 0.3 is 0 Å². The van der Waals surface area contributed by atoms with Crippen molar-refractivity contribution in [3.63, 3.8) is 0 Å². The van der Waals surface area contributed by atoms with Crippen LogP contribution in [0.15, 0.2) is 36.8 Å². The molecule has 0 atom stereocenters. The Bertz CT molecular complexity index is 948. The molecule has 1 N–H and O–H groups in total. The highest BCUT2D eigenvalue weighted by Gasteiger charge is 2.23. The molecule has 134 valence electrons. The lowest BCUT2D eigenvalue weighted by Crippen LogP contribution is -2.33. The van der Waals surface area contributed by atoms with E-state index in [-0.39, 0.29) is 5.91 Å². The molecule has 6 heteroatoms. The largest absolute Gasteiger partial charge is 0.361 e. The minimum atomic E-state index is 0.0826. The summed E-state index contributed by atoms with van der Waals surface area (Å²) in [5, 5.41) is 1.06. The number of nitrogens with zero attached hydrogens (tertiary/aromatic N) is 4. The van der Waals surface area contributed by atoms with Crippen LogP contribution in [0.2, 0.25) is 0 Å². The van der Waals surface area contributed by atoms with Crippen molar-refractivity contribution < 1.29 is 4.79 Å². The first-order valence-electron chi connectivity index (χ1n) is 9.07. The number of anilines is 1. The normalized spacial score (nSPS) is 14.2. The molecule has 0 saturated heterocycles. The lowest BCUT2D eigenvalue weighted by Gasteiger charge is -2.21. The van der Waals surface area contributed by atoms with Gasteiger partial charge in [-0.2, -0.15) is 0 Å². The Morgan fingerprint density at radius 2 is 2.08 bits per heavy atom. The quantitative estimate of drug-likeness (QED) is 0.789. The number of benzene rings is 1. The smallest absolute Gasteiger partial charge is 0.253 e. The van der Waals surface area contributed by atoms with E-state index < -0.39 is 0 Å². The Morgan fingerprint density at radius 1 is 1.23 bits per heavy atom. The minimum Gasteiger partial charge on any atom is -0.361 e. The van der Waals surface area contributed by atoms with Crippen LogP contribution in [-0.2, 0) is 12.8 Å². The number of hydrogen-bond donors (Lipinski definition) is 1. The third-order valence-corrected chi connectivity index (χ3v) is 5.19. The van der Waals surface area contributed by atoms with Gasteiger partial charge in [0.05, 0.1) is 5.69 Å². The molecule has 0 fully saturated rings. The molecule has 2 aromatic heterocycles. The summed E-state index contributed by atoms with van der Waals surface area (Å²) in [6.45, 7) is 4.37. The highest BCUT2D eigenvalue weighted by Crippen LogP contribution is 2.24. The summed E-state index contributed by atoms with van der Waals surface area (Å²) in [7, 11) is 2.04. The first-order chi connectivity index (χ1) is 12.7. The second-order valence-corrected chi connectivity index (χ2v) is 6.71. The molecule has 1 aliphatic heterocycles. The molecule has 26 heavy (non-hydrogen) atoms. The van der Waals surface area contributed by atoms with Crippen molar-refractivity contribution in [1.82, 2.24) is 19.9 Å². The molecule has 4 rings (SSSR count). The van der Waals surface area contributed by atoms with Crippen molar-refractivity contribution in [2.45, 2.75) is 19.8 Å². The molecule has 0 bridgehead atoms. The Hall–Kier alpha value is -2.89.